The first-order chi connectivity index (χ1) is 6.56. The molecule has 0 aromatic carbocycles. The van der Waals surface area contributed by atoms with Gasteiger partial charge in [0.1, 0.15) is 5.76 Å². The van der Waals surface area contributed by atoms with Crippen molar-refractivity contribution in [3.8, 4) is 0 Å². The van der Waals surface area contributed by atoms with Crippen LogP contribution in [0.4, 0.5) is 0 Å². The fourth-order valence-electron chi connectivity index (χ4n) is 1.33. The average Bonchev–Trinajstić information content (AvgIpc) is 2.01. The number of Topliss-reactive ketones (excluding diaryl/α,β-unsaturated/α-hetero) is 1. The third-order valence-corrected chi connectivity index (χ3v) is 1.95. The molecule has 0 unspecified atom stereocenters. The lowest BCUT2D eigenvalue weighted by molar-refractivity contribution is -0.152. The summed E-state index contributed by atoms with van der Waals surface area (Å²) in [6, 6.07) is 0. The van der Waals surface area contributed by atoms with Crippen LogP contribution in [-0.4, -0.2) is 17.5 Å². The second-order valence-corrected chi connectivity index (χ2v) is 3.23. The number of ether oxygens (including phenoxy) is 1. The van der Waals surface area contributed by atoms with Crippen LogP contribution in [0.15, 0.2) is 11.8 Å². The van der Waals surface area contributed by atoms with Crippen molar-refractivity contribution in [3.63, 3.8) is 0 Å². The van der Waals surface area contributed by atoms with E-state index in [2.05, 4.69) is 0 Å². The van der Waals surface area contributed by atoms with Gasteiger partial charge in [0.2, 0.25) is 0 Å². The van der Waals surface area contributed by atoms with Crippen LogP contribution in [-0.2, 0) is 19.1 Å². The number of carbonyl (C=O) groups is 3. The van der Waals surface area contributed by atoms with Crippen LogP contribution in [0.2, 0.25) is 0 Å². The molecule has 0 bridgehead atoms. The summed E-state index contributed by atoms with van der Waals surface area (Å²) < 4.78 is 4.72. The number of hydrogen-bond donors (Lipinski definition) is 0. The Morgan fingerprint density at radius 1 is 1.50 bits per heavy atom. The topological polar surface area (TPSA) is 60.4 Å². The molecule has 1 aliphatic heterocycles. The fourth-order valence-corrected chi connectivity index (χ4v) is 1.33. The first-order valence-electron chi connectivity index (χ1n) is 4.52. The lowest BCUT2D eigenvalue weighted by atomic mass is 9.94. The summed E-state index contributed by atoms with van der Waals surface area (Å²) in [6.45, 7) is 3.33. The molecule has 1 heterocycles. The van der Waals surface area contributed by atoms with E-state index in [9.17, 15) is 14.4 Å². The lowest BCUT2D eigenvalue weighted by Gasteiger charge is -2.16. The van der Waals surface area contributed by atoms with Crippen molar-refractivity contribution in [1.29, 1.82) is 0 Å². The molecule has 0 saturated heterocycles. The Labute approximate surface area is 81.9 Å². The summed E-state index contributed by atoms with van der Waals surface area (Å²) >= 11 is 0. The van der Waals surface area contributed by atoms with E-state index in [0.717, 1.165) is 0 Å². The maximum atomic E-state index is 11.4. The molecule has 4 nitrogen and oxygen atoms in total. The van der Waals surface area contributed by atoms with Crippen molar-refractivity contribution in [3.05, 3.63) is 11.8 Å². The molecule has 0 saturated carbocycles. The predicted octanol–water partition coefficient (Wildman–Crippen LogP) is 1.00. The van der Waals surface area contributed by atoms with E-state index in [1.54, 1.807) is 0 Å². The third-order valence-electron chi connectivity index (χ3n) is 1.95. The summed E-state index contributed by atoms with van der Waals surface area (Å²) in [5.41, 5.74) is 0. The van der Waals surface area contributed by atoms with Gasteiger partial charge in [0.05, 0.1) is 0 Å². The van der Waals surface area contributed by atoms with E-state index < -0.39 is 17.7 Å². The molecular formula is C10H12O4. The molecular weight excluding hydrogens is 184 g/mol. The van der Waals surface area contributed by atoms with Crippen LogP contribution in [0, 0.1) is 5.92 Å². The number of cyclic esters (lactones) is 1. The van der Waals surface area contributed by atoms with Crippen LogP contribution >= 0.6 is 0 Å². The number of allylic oxidation sites excluding steroid dienone is 2. The molecule has 1 rings (SSSR count). The summed E-state index contributed by atoms with van der Waals surface area (Å²) in [5, 5.41) is 0. The zero-order valence-corrected chi connectivity index (χ0v) is 8.20. The van der Waals surface area contributed by atoms with Crippen LogP contribution in [0.25, 0.3) is 0 Å². The predicted molar refractivity (Wildman–Crippen MR) is 48.3 cm³/mol. The molecule has 0 N–H and O–H groups in total. The van der Waals surface area contributed by atoms with Gasteiger partial charge in [-0.2, -0.15) is 0 Å². The number of hydrogen-bond acceptors (Lipinski definition) is 4. The fraction of sp³-hybridized carbons (Fsp3) is 0.500. The Bertz CT molecular complexity index is 314. The Hall–Kier alpha value is -1.45. The van der Waals surface area contributed by atoms with E-state index in [4.69, 9.17) is 4.74 Å². The molecule has 76 valence electrons. The summed E-state index contributed by atoms with van der Waals surface area (Å²) in [7, 11) is 0. The normalized spacial score (nSPS) is 21.6. The van der Waals surface area contributed by atoms with Gasteiger partial charge in [-0.25, -0.2) is 0 Å². The molecule has 0 aromatic heterocycles. The summed E-state index contributed by atoms with van der Waals surface area (Å²) in [6.07, 6.45) is 2.05. The van der Waals surface area contributed by atoms with Gasteiger partial charge < -0.3 is 4.74 Å². The smallest absolute Gasteiger partial charge is 0.329 e. The minimum atomic E-state index is -1.22. The highest BCUT2D eigenvalue weighted by atomic mass is 16.5. The molecule has 0 spiro atoms. The minimum Gasteiger partial charge on any atom is -0.430 e. The maximum Gasteiger partial charge on any atom is 0.329 e. The highest BCUT2D eigenvalue weighted by Gasteiger charge is 2.36. The number of rotatable bonds is 3. The zero-order chi connectivity index (χ0) is 10.7. The molecule has 0 aliphatic carbocycles. The number of ketones is 2. The standard InChI is InChI=1S/C10H12O4/c1-3-4-7(11)9-8(12)5-6(2)14-10(9)13/h5,9H,3-4H2,1-2H3/t9-/m1/s1. The molecule has 1 atom stereocenters. The Balaban J connectivity index is 2.84. The van der Waals surface area contributed by atoms with Gasteiger partial charge in [0.15, 0.2) is 17.5 Å². The minimum absolute atomic E-state index is 0.235. The largest absolute Gasteiger partial charge is 0.430 e. The van der Waals surface area contributed by atoms with E-state index in [-0.39, 0.29) is 18.0 Å². The Morgan fingerprint density at radius 3 is 2.64 bits per heavy atom. The second kappa shape index (κ2) is 4.17. The second-order valence-electron chi connectivity index (χ2n) is 3.23. The monoisotopic (exact) mass is 196 g/mol. The molecule has 1 aliphatic rings. The van der Waals surface area contributed by atoms with Gasteiger partial charge in [-0.15, -0.1) is 0 Å². The molecule has 0 aromatic rings. The van der Waals surface area contributed by atoms with Crippen molar-refractivity contribution in [2.75, 3.05) is 0 Å². The quantitative estimate of drug-likeness (QED) is 0.499. The molecule has 0 radical (unpaired) electrons. The highest BCUT2D eigenvalue weighted by Crippen LogP contribution is 2.17. The molecule has 14 heavy (non-hydrogen) atoms. The molecule has 4 heteroatoms. The molecule has 0 fully saturated rings. The van der Waals surface area contributed by atoms with Crippen molar-refractivity contribution in [2.45, 2.75) is 26.7 Å². The SMILES string of the molecule is CCCC(=O)[C@@H]1C(=O)C=C(C)OC1=O. The first kappa shape index (κ1) is 10.6. The average molecular weight is 196 g/mol. The van der Waals surface area contributed by atoms with E-state index in [1.807, 2.05) is 6.92 Å². The van der Waals surface area contributed by atoms with Crippen LogP contribution in [0.1, 0.15) is 26.7 Å². The number of esters is 1. The van der Waals surface area contributed by atoms with Crippen molar-refractivity contribution >= 4 is 17.5 Å². The van der Waals surface area contributed by atoms with Gasteiger partial charge in [-0.05, 0) is 13.3 Å². The van der Waals surface area contributed by atoms with E-state index in [1.165, 1.54) is 13.0 Å². The van der Waals surface area contributed by atoms with E-state index in [0.29, 0.717) is 6.42 Å². The molecule has 0 amide bonds. The first-order valence-corrected chi connectivity index (χ1v) is 4.52. The third kappa shape index (κ3) is 2.07. The van der Waals surface area contributed by atoms with Crippen molar-refractivity contribution in [2.24, 2.45) is 5.92 Å². The maximum absolute atomic E-state index is 11.4. The van der Waals surface area contributed by atoms with Gasteiger partial charge in [-0.3, -0.25) is 14.4 Å². The number of carbonyl (C=O) groups excluding carboxylic acids is 3. The van der Waals surface area contributed by atoms with Crippen LogP contribution in [0.5, 0.6) is 0 Å². The van der Waals surface area contributed by atoms with Gasteiger partial charge in [0, 0.05) is 12.5 Å². The van der Waals surface area contributed by atoms with Crippen molar-refractivity contribution < 1.29 is 19.1 Å². The highest BCUT2D eigenvalue weighted by molar-refractivity contribution is 6.21. The lowest BCUT2D eigenvalue weighted by Crippen LogP contribution is -2.35. The van der Waals surface area contributed by atoms with Gasteiger partial charge in [-0.1, -0.05) is 6.92 Å². The van der Waals surface area contributed by atoms with Crippen LogP contribution in [0.3, 0.4) is 0 Å². The Morgan fingerprint density at radius 2 is 2.14 bits per heavy atom. The summed E-state index contributed by atoms with van der Waals surface area (Å²) in [4.78, 5) is 33.9. The van der Waals surface area contributed by atoms with Gasteiger partial charge >= 0.3 is 5.97 Å². The zero-order valence-electron chi connectivity index (χ0n) is 8.20. The Kier molecular flexibility index (Phi) is 3.17. The van der Waals surface area contributed by atoms with Crippen molar-refractivity contribution in [1.82, 2.24) is 0 Å². The summed E-state index contributed by atoms with van der Waals surface area (Å²) in [5.74, 6) is -2.53. The van der Waals surface area contributed by atoms with Crippen LogP contribution < -0.4 is 0 Å². The van der Waals surface area contributed by atoms with Gasteiger partial charge in [0.25, 0.3) is 0 Å². The van der Waals surface area contributed by atoms with E-state index >= 15 is 0 Å².